The Labute approximate surface area is 181 Å². The Morgan fingerprint density at radius 3 is 2.50 bits per heavy atom. The third-order valence-corrected chi connectivity index (χ3v) is 5.94. The fourth-order valence-electron chi connectivity index (χ4n) is 3.68. The second-order valence-corrected chi connectivity index (χ2v) is 7.99. The van der Waals surface area contributed by atoms with Crippen molar-refractivity contribution >= 4 is 29.1 Å². The number of anilines is 1. The molecular weight excluding hydrogens is 405 g/mol. The van der Waals surface area contributed by atoms with Gasteiger partial charge in [0.05, 0.1) is 16.8 Å². The number of carbonyl (C=O) groups is 2. The predicted molar refractivity (Wildman–Crippen MR) is 117 cm³/mol. The molecule has 0 bridgehead atoms. The Hall–Kier alpha value is -2.44. The lowest BCUT2D eigenvalue weighted by molar-refractivity contribution is -0.127. The van der Waals surface area contributed by atoms with Crippen molar-refractivity contribution in [3.63, 3.8) is 0 Å². The molecular formula is C23H27ClFN3O2. The van der Waals surface area contributed by atoms with Gasteiger partial charge in [0.1, 0.15) is 5.82 Å². The van der Waals surface area contributed by atoms with Crippen molar-refractivity contribution < 1.29 is 14.0 Å². The molecule has 160 valence electrons. The van der Waals surface area contributed by atoms with Crippen molar-refractivity contribution in [3.05, 3.63) is 64.9 Å². The first-order chi connectivity index (χ1) is 14.5. The topological polar surface area (TPSA) is 61.4 Å². The molecule has 0 aromatic heterocycles. The zero-order chi connectivity index (χ0) is 21.5. The number of rotatable bonds is 7. The van der Waals surface area contributed by atoms with E-state index in [-0.39, 0.29) is 29.6 Å². The third kappa shape index (κ3) is 5.80. The summed E-state index contributed by atoms with van der Waals surface area (Å²) in [5, 5.41) is 6.29. The molecule has 2 N–H and O–H groups in total. The molecule has 1 saturated heterocycles. The van der Waals surface area contributed by atoms with E-state index in [1.165, 1.54) is 6.07 Å². The van der Waals surface area contributed by atoms with Gasteiger partial charge in [0.15, 0.2) is 0 Å². The second-order valence-electron chi connectivity index (χ2n) is 7.59. The van der Waals surface area contributed by atoms with Crippen LogP contribution in [0.3, 0.4) is 0 Å². The zero-order valence-corrected chi connectivity index (χ0v) is 17.8. The molecule has 0 spiro atoms. The molecule has 2 aromatic carbocycles. The van der Waals surface area contributed by atoms with Gasteiger partial charge in [-0.05, 0) is 63.0 Å². The summed E-state index contributed by atoms with van der Waals surface area (Å²) in [6, 6.07) is 13.4. The highest BCUT2D eigenvalue weighted by atomic mass is 35.5. The van der Waals surface area contributed by atoms with Gasteiger partial charge in [0.25, 0.3) is 0 Å². The highest BCUT2D eigenvalue weighted by Gasteiger charge is 2.29. The average Bonchev–Trinajstić information content (AvgIpc) is 2.76. The van der Waals surface area contributed by atoms with E-state index >= 15 is 0 Å². The number of likely N-dealkylation sites (tertiary alicyclic amines) is 1. The predicted octanol–water partition coefficient (Wildman–Crippen LogP) is 3.88. The lowest BCUT2D eigenvalue weighted by atomic mass is 9.94. The Balaban J connectivity index is 1.42. The van der Waals surface area contributed by atoms with Gasteiger partial charge in [-0.2, -0.15) is 0 Å². The number of para-hydroxylation sites is 1. The van der Waals surface area contributed by atoms with Crippen molar-refractivity contribution in [2.24, 2.45) is 5.92 Å². The number of piperidine rings is 1. The monoisotopic (exact) mass is 431 g/mol. The first-order valence-corrected chi connectivity index (χ1v) is 10.6. The van der Waals surface area contributed by atoms with Gasteiger partial charge < -0.3 is 10.6 Å². The average molecular weight is 432 g/mol. The number of hydrogen-bond acceptors (Lipinski definition) is 3. The highest BCUT2D eigenvalue weighted by Crippen LogP contribution is 2.23. The largest absolute Gasteiger partial charge is 0.356 e. The van der Waals surface area contributed by atoms with Crippen molar-refractivity contribution in [3.8, 4) is 0 Å². The maximum atomic E-state index is 13.7. The van der Waals surface area contributed by atoms with Crippen LogP contribution in [0.2, 0.25) is 5.02 Å². The summed E-state index contributed by atoms with van der Waals surface area (Å²) in [6.45, 7) is 3.61. The number of amides is 2. The molecule has 5 nitrogen and oxygen atoms in total. The van der Waals surface area contributed by atoms with E-state index in [1.54, 1.807) is 30.3 Å². The smallest absolute Gasteiger partial charge is 0.241 e. The van der Waals surface area contributed by atoms with Crippen LogP contribution in [-0.4, -0.2) is 42.4 Å². The minimum absolute atomic E-state index is 0.000777. The van der Waals surface area contributed by atoms with Crippen LogP contribution in [0, 0.1) is 11.7 Å². The van der Waals surface area contributed by atoms with Gasteiger partial charge >= 0.3 is 0 Å². The number of nitrogens with zero attached hydrogens (tertiary/aromatic N) is 1. The fraction of sp³-hybridized carbons (Fsp3) is 0.391. The lowest BCUT2D eigenvalue weighted by Gasteiger charge is -2.34. The van der Waals surface area contributed by atoms with Crippen LogP contribution >= 0.6 is 11.6 Å². The Kier molecular flexibility index (Phi) is 7.82. The van der Waals surface area contributed by atoms with Crippen LogP contribution in [-0.2, 0) is 16.0 Å². The fourth-order valence-corrected chi connectivity index (χ4v) is 3.86. The van der Waals surface area contributed by atoms with E-state index in [2.05, 4.69) is 15.5 Å². The Morgan fingerprint density at radius 2 is 1.80 bits per heavy atom. The van der Waals surface area contributed by atoms with Crippen molar-refractivity contribution in [2.45, 2.75) is 32.2 Å². The van der Waals surface area contributed by atoms with E-state index in [4.69, 9.17) is 11.6 Å². The maximum absolute atomic E-state index is 13.7. The second kappa shape index (κ2) is 10.5. The van der Waals surface area contributed by atoms with E-state index in [9.17, 15) is 14.0 Å². The van der Waals surface area contributed by atoms with Gasteiger partial charge in [-0.3, -0.25) is 14.5 Å². The Morgan fingerprint density at radius 1 is 1.13 bits per heavy atom. The molecule has 2 amide bonds. The van der Waals surface area contributed by atoms with Gasteiger partial charge in [-0.25, -0.2) is 4.39 Å². The molecule has 2 aromatic rings. The van der Waals surface area contributed by atoms with Crippen LogP contribution in [0.15, 0.2) is 48.5 Å². The Bertz CT molecular complexity index is 884. The summed E-state index contributed by atoms with van der Waals surface area (Å²) in [7, 11) is 0. The van der Waals surface area contributed by atoms with E-state index in [1.807, 2.05) is 19.1 Å². The van der Waals surface area contributed by atoms with E-state index in [0.717, 1.165) is 0 Å². The summed E-state index contributed by atoms with van der Waals surface area (Å²) < 4.78 is 13.7. The third-order valence-electron chi connectivity index (χ3n) is 5.61. The molecule has 1 fully saturated rings. The molecule has 1 aliphatic heterocycles. The molecule has 1 heterocycles. The SMILES string of the molecule is CC(C(=O)Nc1ccccc1Cl)N1CCC(C(=O)NCCc2ccccc2F)CC1. The first-order valence-electron chi connectivity index (χ1n) is 10.3. The molecule has 30 heavy (non-hydrogen) atoms. The summed E-state index contributed by atoms with van der Waals surface area (Å²) in [6.07, 6.45) is 1.85. The van der Waals surface area contributed by atoms with Crippen molar-refractivity contribution in [1.82, 2.24) is 10.2 Å². The maximum Gasteiger partial charge on any atom is 0.241 e. The quantitative estimate of drug-likeness (QED) is 0.699. The molecule has 0 radical (unpaired) electrons. The van der Waals surface area contributed by atoms with Gasteiger partial charge in [0.2, 0.25) is 11.8 Å². The van der Waals surface area contributed by atoms with Crippen molar-refractivity contribution in [1.29, 1.82) is 0 Å². The van der Waals surface area contributed by atoms with Crippen LogP contribution in [0.25, 0.3) is 0 Å². The highest BCUT2D eigenvalue weighted by molar-refractivity contribution is 6.33. The molecule has 1 unspecified atom stereocenters. The van der Waals surface area contributed by atoms with Crippen LogP contribution in [0.1, 0.15) is 25.3 Å². The first kappa shape index (κ1) is 22.2. The molecule has 0 saturated carbocycles. The number of benzene rings is 2. The van der Waals surface area contributed by atoms with Crippen LogP contribution < -0.4 is 10.6 Å². The van der Waals surface area contributed by atoms with E-state index < -0.39 is 0 Å². The molecule has 0 aliphatic carbocycles. The van der Waals surface area contributed by atoms with Crippen molar-refractivity contribution in [2.75, 3.05) is 25.0 Å². The normalized spacial score (nSPS) is 16.1. The summed E-state index contributed by atoms with van der Waals surface area (Å²) in [5.41, 5.74) is 1.20. The lowest BCUT2D eigenvalue weighted by Crippen LogP contribution is -2.48. The summed E-state index contributed by atoms with van der Waals surface area (Å²) >= 11 is 6.11. The zero-order valence-electron chi connectivity index (χ0n) is 17.0. The minimum Gasteiger partial charge on any atom is -0.356 e. The number of carbonyl (C=O) groups excluding carboxylic acids is 2. The minimum atomic E-state index is -0.314. The summed E-state index contributed by atoms with van der Waals surface area (Å²) in [5.74, 6) is -0.445. The standard InChI is InChI=1S/C23H27ClFN3O2/c1-16(22(29)27-21-9-5-3-7-19(21)24)28-14-11-18(12-15-28)23(30)26-13-10-17-6-2-4-8-20(17)25/h2-9,16,18H,10-15H2,1H3,(H,26,30)(H,27,29). The molecule has 1 aliphatic rings. The number of hydrogen-bond donors (Lipinski definition) is 2. The van der Waals surface area contributed by atoms with Gasteiger partial charge in [0, 0.05) is 12.5 Å². The molecule has 3 rings (SSSR count). The number of nitrogens with one attached hydrogen (secondary N) is 2. The van der Waals surface area contributed by atoms with E-state index in [0.29, 0.717) is 55.2 Å². The molecule has 7 heteroatoms. The van der Waals surface area contributed by atoms with Gasteiger partial charge in [-0.15, -0.1) is 0 Å². The number of halogens is 2. The van der Waals surface area contributed by atoms with Crippen LogP contribution in [0.4, 0.5) is 10.1 Å². The summed E-state index contributed by atoms with van der Waals surface area (Å²) in [4.78, 5) is 27.1. The van der Waals surface area contributed by atoms with Gasteiger partial charge in [-0.1, -0.05) is 41.9 Å². The van der Waals surface area contributed by atoms with Crippen LogP contribution in [0.5, 0.6) is 0 Å². The molecule has 1 atom stereocenters.